The normalized spacial score (nSPS) is 17.7. The first-order valence-electron chi connectivity index (χ1n) is 25.6. The summed E-state index contributed by atoms with van der Waals surface area (Å²) in [5.74, 6) is 0. The fourth-order valence-electron chi connectivity index (χ4n) is 4.69. The first kappa shape index (κ1) is 110. The number of alkyl halides is 9. The molecule has 0 aliphatic rings. The average molecular weight is 1420 g/mol. The van der Waals surface area contributed by atoms with Crippen molar-refractivity contribution >= 4 is 0 Å². The summed E-state index contributed by atoms with van der Waals surface area (Å²) in [5, 5.41) is 141. The maximum Gasteiger partial charge on any atom is 0.414 e. The second-order valence-corrected chi connectivity index (χ2v) is 24.2. The van der Waals surface area contributed by atoms with Gasteiger partial charge in [0.2, 0.25) is 0 Å². The molecule has 16 N–H and O–H groups in total. The van der Waals surface area contributed by atoms with Crippen LogP contribution in [-0.4, -0.2) is 198 Å². The van der Waals surface area contributed by atoms with E-state index in [2.05, 4.69) is 0 Å². The van der Waals surface area contributed by atoms with Crippen molar-refractivity contribution in [3.63, 3.8) is 0 Å². The van der Waals surface area contributed by atoms with Gasteiger partial charge < -0.3 is 81.7 Å². The number of hydrogen-bond donors (Lipinski definition) is 16. The molecule has 0 aliphatic carbocycles. The molecule has 0 fully saturated rings. The standard InChI is InChI=1S/2C11H24O2.3C5H9F3O2.3C5H12O2.4Cu/c2*1-10(2,3)8(12)7-9(13)11(4,5)6;3*1-3(9)2-4(10)5(6,7)8;3*1-4(6)3-5(2)7;;;;/h2*8-9,12-13H,7H2,1-6H3;3*3-4,9-10H,2H2,1H3;3*4-7H,3H2,1-2H3;;;;. The molecule has 0 heterocycles. The van der Waals surface area contributed by atoms with Crippen molar-refractivity contribution in [2.24, 2.45) is 21.7 Å². The molecule has 0 saturated carbocycles. The average Bonchev–Trinajstić information content (AvgIpc) is 3.11. The zero-order chi connectivity index (χ0) is 64.4. The zero-order valence-electron chi connectivity index (χ0n) is 51.2. The number of aliphatic hydroxyl groups is 16. The van der Waals surface area contributed by atoms with E-state index in [4.69, 9.17) is 61.3 Å². The maximum absolute atomic E-state index is 11.4. The minimum absolute atomic E-state index is 0. The molecule has 0 amide bonds. The first-order valence-corrected chi connectivity index (χ1v) is 25.6. The van der Waals surface area contributed by atoms with E-state index < -0.39 is 98.8 Å². The summed E-state index contributed by atoms with van der Waals surface area (Å²) in [6.07, 6.45) is -28.1. The SMILES string of the molecule is CC(C)(C)C(O)CC(O)C(C)(C)C.CC(C)(C)C(O)CC(O)C(C)(C)C.CC(O)CC(C)O.CC(O)CC(C)O.CC(O)CC(C)O.CC(O)CC(O)C(F)(F)F.CC(O)CC(O)C(F)(F)F.CC(O)CC(O)C(F)(F)F.[Cu].[Cu].[Cu].[Cu]. The molecule has 81 heavy (non-hydrogen) atoms. The number of halogens is 9. The van der Waals surface area contributed by atoms with E-state index in [0.717, 1.165) is 0 Å². The molecule has 0 aromatic rings. The summed E-state index contributed by atoms with van der Waals surface area (Å²) in [6, 6.07) is 0. The van der Waals surface area contributed by atoms with Crippen molar-refractivity contribution in [3.8, 4) is 0 Å². The van der Waals surface area contributed by atoms with Gasteiger partial charge >= 0.3 is 18.5 Å². The minimum atomic E-state index is -4.61. The largest absolute Gasteiger partial charge is 0.414 e. The van der Waals surface area contributed by atoms with Crippen LogP contribution in [0.4, 0.5) is 39.5 Å². The molecule has 0 spiro atoms. The van der Waals surface area contributed by atoms with Crippen molar-refractivity contribution < 1.29 is 189 Å². The van der Waals surface area contributed by atoms with Gasteiger partial charge in [-0.1, -0.05) is 83.1 Å². The van der Waals surface area contributed by atoms with Gasteiger partial charge in [0.1, 0.15) is 0 Å². The van der Waals surface area contributed by atoms with Crippen molar-refractivity contribution in [3.05, 3.63) is 0 Å². The van der Waals surface area contributed by atoms with Crippen LogP contribution in [0.3, 0.4) is 0 Å². The molecule has 16 atom stereocenters. The summed E-state index contributed by atoms with van der Waals surface area (Å²) < 4.78 is 103. The third kappa shape index (κ3) is 89.7. The summed E-state index contributed by atoms with van der Waals surface area (Å²) >= 11 is 0. The van der Waals surface area contributed by atoms with Crippen LogP contribution in [0.5, 0.6) is 0 Å². The molecule has 4 radical (unpaired) electrons. The Morgan fingerprint density at radius 2 is 0.296 bits per heavy atom. The van der Waals surface area contributed by atoms with E-state index in [0.29, 0.717) is 32.1 Å². The van der Waals surface area contributed by atoms with E-state index >= 15 is 0 Å². The monoisotopic (exact) mass is 1410 g/mol. The number of rotatable bonds is 16. The Morgan fingerprint density at radius 3 is 0.333 bits per heavy atom. The Bertz CT molecular complexity index is 1140. The topological polar surface area (TPSA) is 324 Å². The molecule has 0 rings (SSSR count). The molecule has 29 heteroatoms. The molecule has 522 valence electrons. The predicted octanol–water partition coefficient (Wildman–Crippen LogP) is 6.83. The second kappa shape index (κ2) is 52.7. The zero-order valence-corrected chi connectivity index (χ0v) is 54.9. The third-order valence-corrected chi connectivity index (χ3v) is 9.77. The molecule has 16 unspecified atom stereocenters. The van der Waals surface area contributed by atoms with Crippen LogP contribution >= 0.6 is 0 Å². The van der Waals surface area contributed by atoms with Crippen LogP contribution in [0.2, 0.25) is 0 Å². The van der Waals surface area contributed by atoms with Gasteiger partial charge in [-0.2, -0.15) is 39.5 Å². The summed E-state index contributed by atoms with van der Waals surface area (Å²) in [5.41, 5.74) is -0.586. The van der Waals surface area contributed by atoms with Crippen LogP contribution in [0.15, 0.2) is 0 Å². The molecule has 16 nitrogen and oxygen atoms in total. The van der Waals surface area contributed by atoms with Crippen LogP contribution < -0.4 is 0 Å². The van der Waals surface area contributed by atoms with Gasteiger partial charge in [0.25, 0.3) is 0 Å². The molecule has 0 bridgehead atoms. The Labute approximate surface area is 521 Å². The van der Waals surface area contributed by atoms with Crippen LogP contribution in [0.1, 0.15) is 197 Å². The second-order valence-electron chi connectivity index (χ2n) is 24.2. The smallest absolute Gasteiger partial charge is 0.393 e. The summed E-state index contributed by atoms with van der Waals surface area (Å²) in [7, 11) is 0. The molecule has 0 aromatic carbocycles. The first-order chi connectivity index (χ1) is 33.5. The van der Waals surface area contributed by atoms with Crippen molar-refractivity contribution in [2.75, 3.05) is 0 Å². The summed E-state index contributed by atoms with van der Waals surface area (Å²) in [4.78, 5) is 0. The van der Waals surface area contributed by atoms with Crippen LogP contribution in [0.25, 0.3) is 0 Å². The summed E-state index contributed by atoms with van der Waals surface area (Å²) in [6.45, 7) is 37.3. The molecule has 0 aromatic heterocycles. The molecule has 0 saturated heterocycles. The minimum Gasteiger partial charge on any atom is -0.393 e. The third-order valence-electron chi connectivity index (χ3n) is 9.77. The van der Waals surface area contributed by atoms with E-state index in [1.54, 1.807) is 41.5 Å². The van der Waals surface area contributed by atoms with Crippen molar-refractivity contribution in [1.29, 1.82) is 0 Å². The quantitative estimate of drug-likeness (QED) is 0.0556. The Hall–Kier alpha value is 0.808. The van der Waals surface area contributed by atoms with Crippen molar-refractivity contribution in [1.82, 2.24) is 0 Å². The van der Waals surface area contributed by atoms with Gasteiger partial charge in [0.05, 0.1) is 79.4 Å². The Kier molecular flexibility index (Phi) is 71.3. The van der Waals surface area contributed by atoms with E-state index in [1.165, 1.54) is 20.8 Å². The van der Waals surface area contributed by atoms with Gasteiger partial charge in [-0.3, -0.25) is 0 Å². The molecule has 0 aliphatic heterocycles. The van der Waals surface area contributed by atoms with Gasteiger partial charge in [0.15, 0.2) is 18.3 Å². The van der Waals surface area contributed by atoms with Crippen molar-refractivity contribution in [2.45, 2.75) is 313 Å². The van der Waals surface area contributed by atoms with Gasteiger partial charge in [-0.05, 0) is 103 Å². The van der Waals surface area contributed by atoms with Crippen LogP contribution in [0, 0.1) is 21.7 Å². The van der Waals surface area contributed by atoms with Gasteiger partial charge in [-0.15, -0.1) is 0 Å². The van der Waals surface area contributed by atoms with E-state index in [-0.39, 0.29) is 127 Å². The van der Waals surface area contributed by atoms with Crippen LogP contribution in [-0.2, 0) is 68.3 Å². The molecular weight excluding hydrogens is 1310 g/mol. The van der Waals surface area contributed by atoms with Gasteiger partial charge in [0, 0.05) is 100 Å². The molecular formula is C52H111Cu4F9O16. The Balaban J connectivity index is -0.0000000674. The maximum atomic E-state index is 11.4. The van der Waals surface area contributed by atoms with Gasteiger partial charge in [-0.25, -0.2) is 0 Å². The Morgan fingerprint density at radius 1 is 0.198 bits per heavy atom. The van der Waals surface area contributed by atoms with E-state index in [9.17, 15) is 59.9 Å². The predicted molar refractivity (Wildman–Crippen MR) is 280 cm³/mol. The number of hydrogen-bond acceptors (Lipinski definition) is 16. The fraction of sp³-hybridized carbons (Fsp3) is 1.00. The van der Waals surface area contributed by atoms with E-state index in [1.807, 2.05) is 83.1 Å². The fourth-order valence-corrected chi connectivity index (χ4v) is 4.69. The number of aliphatic hydroxyl groups excluding tert-OH is 16.